The molecule has 9 nitrogen and oxygen atoms in total. The molecule has 1 saturated heterocycles. The van der Waals surface area contributed by atoms with Gasteiger partial charge in [0.1, 0.15) is 22.1 Å². The Bertz CT molecular complexity index is 1430. The molecule has 3 aromatic rings. The van der Waals surface area contributed by atoms with E-state index in [-0.39, 0.29) is 21.3 Å². The Morgan fingerprint density at radius 3 is 2.46 bits per heavy atom. The number of esters is 1. The number of hydrogen-bond donors (Lipinski definition) is 1. The van der Waals surface area contributed by atoms with Crippen molar-refractivity contribution in [3.8, 4) is 11.5 Å². The summed E-state index contributed by atoms with van der Waals surface area (Å²) in [7, 11) is 2.78. The lowest BCUT2D eigenvalue weighted by Gasteiger charge is -2.23. The molecule has 1 N–H and O–H groups in total. The molecule has 1 aliphatic rings. The van der Waals surface area contributed by atoms with Gasteiger partial charge in [0.05, 0.1) is 38.1 Å². The maximum Gasteiger partial charge on any atom is 0.350 e. The molecule has 10 heteroatoms. The standard InChI is InChI=1S/C29H30N2O7S/c1-16(2)13-14-38-21-8-6-7-19(15-21)23-22(24(32)18-9-11-20(36-4)12-10-18)25(33)27(34)31(23)29-30-17(3)26(39-29)28(35)37-5/h6-12,15-16,23,32H,13-14H2,1-5H3/b24-22+. The average Bonchev–Trinajstić information content (AvgIpc) is 3.44. The number of nitrogens with zero attached hydrogens (tertiary/aromatic N) is 2. The fourth-order valence-electron chi connectivity index (χ4n) is 4.20. The summed E-state index contributed by atoms with van der Waals surface area (Å²) in [6, 6.07) is 12.5. The van der Waals surface area contributed by atoms with Gasteiger partial charge >= 0.3 is 11.9 Å². The molecule has 0 bridgehead atoms. The monoisotopic (exact) mass is 550 g/mol. The van der Waals surface area contributed by atoms with Crippen LogP contribution in [0.1, 0.15) is 52.8 Å². The number of aliphatic hydroxyl groups is 1. The topological polar surface area (TPSA) is 115 Å². The van der Waals surface area contributed by atoms with E-state index >= 15 is 0 Å². The molecular formula is C29H30N2O7S. The molecule has 1 fully saturated rings. The number of ketones is 1. The molecule has 0 spiro atoms. The molecule has 204 valence electrons. The van der Waals surface area contributed by atoms with Crippen LogP contribution in [-0.2, 0) is 14.3 Å². The predicted octanol–water partition coefficient (Wildman–Crippen LogP) is 5.30. The molecule has 2 aromatic carbocycles. The Hall–Kier alpha value is -4.18. The van der Waals surface area contributed by atoms with Crippen molar-refractivity contribution in [1.29, 1.82) is 0 Å². The maximum absolute atomic E-state index is 13.5. The second-order valence-electron chi connectivity index (χ2n) is 9.40. The summed E-state index contributed by atoms with van der Waals surface area (Å²) in [6.45, 7) is 6.33. The van der Waals surface area contributed by atoms with Crippen molar-refractivity contribution in [1.82, 2.24) is 4.98 Å². The third-order valence-corrected chi connectivity index (χ3v) is 7.44. The summed E-state index contributed by atoms with van der Waals surface area (Å²) in [5, 5.41) is 11.5. The highest BCUT2D eigenvalue weighted by Gasteiger charge is 2.48. The van der Waals surface area contributed by atoms with Gasteiger partial charge in [-0.05, 0) is 61.2 Å². The molecule has 0 aliphatic carbocycles. The smallest absolute Gasteiger partial charge is 0.350 e. The zero-order valence-corrected chi connectivity index (χ0v) is 23.2. The first-order valence-electron chi connectivity index (χ1n) is 12.4. The van der Waals surface area contributed by atoms with Crippen molar-refractivity contribution in [3.05, 3.63) is 75.8 Å². The number of benzene rings is 2. The van der Waals surface area contributed by atoms with Crippen molar-refractivity contribution < 1.29 is 33.7 Å². The zero-order valence-electron chi connectivity index (χ0n) is 22.4. The van der Waals surface area contributed by atoms with E-state index in [1.807, 2.05) is 0 Å². The number of rotatable bonds is 9. The highest BCUT2D eigenvalue weighted by atomic mass is 32.1. The molecular weight excluding hydrogens is 520 g/mol. The van der Waals surface area contributed by atoms with Gasteiger partial charge in [-0.15, -0.1) is 0 Å². The average molecular weight is 551 g/mol. The molecule has 2 heterocycles. The third kappa shape index (κ3) is 5.65. The van der Waals surface area contributed by atoms with E-state index in [0.717, 1.165) is 17.8 Å². The Kier molecular flexibility index (Phi) is 8.35. The van der Waals surface area contributed by atoms with Crippen LogP contribution in [0, 0.1) is 12.8 Å². The van der Waals surface area contributed by atoms with Gasteiger partial charge in [0.15, 0.2) is 5.13 Å². The van der Waals surface area contributed by atoms with Gasteiger partial charge in [0.2, 0.25) is 0 Å². The lowest BCUT2D eigenvalue weighted by molar-refractivity contribution is -0.132. The number of anilines is 1. The van der Waals surface area contributed by atoms with Crippen LogP contribution in [0.4, 0.5) is 5.13 Å². The SMILES string of the molecule is COC(=O)c1sc(N2C(=O)C(=O)/C(=C(/O)c3ccc(OC)cc3)C2c2cccc(OCCC(C)C)c2)nc1C. The summed E-state index contributed by atoms with van der Waals surface area (Å²) in [4.78, 5) is 45.0. The van der Waals surface area contributed by atoms with Gasteiger partial charge in [-0.3, -0.25) is 14.5 Å². The number of amides is 1. The zero-order chi connectivity index (χ0) is 28.3. The molecule has 1 atom stereocenters. The van der Waals surface area contributed by atoms with Crippen molar-refractivity contribution in [3.63, 3.8) is 0 Å². The van der Waals surface area contributed by atoms with Crippen molar-refractivity contribution in [2.75, 3.05) is 25.7 Å². The molecule has 0 radical (unpaired) electrons. The molecule has 0 saturated carbocycles. The van der Waals surface area contributed by atoms with Crippen LogP contribution in [0.25, 0.3) is 5.76 Å². The minimum Gasteiger partial charge on any atom is -0.507 e. The second kappa shape index (κ2) is 11.7. The summed E-state index contributed by atoms with van der Waals surface area (Å²) in [5.74, 6) is -1.07. The summed E-state index contributed by atoms with van der Waals surface area (Å²) in [6.07, 6.45) is 0.856. The van der Waals surface area contributed by atoms with Crippen LogP contribution in [0.5, 0.6) is 11.5 Å². The molecule has 1 aliphatic heterocycles. The first-order chi connectivity index (χ1) is 18.7. The molecule has 1 amide bonds. The Labute approximate surface area is 230 Å². The van der Waals surface area contributed by atoms with Crippen LogP contribution in [-0.4, -0.2) is 48.6 Å². The number of carbonyl (C=O) groups excluding carboxylic acids is 3. The summed E-state index contributed by atoms with van der Waals surface area (Å²) < 4.78 is 16.0. The number of aliphatic hydroxyl groups excluding tert-OH is 1. The van der Waals surface area contributed by atoms with Gasteiger partial charge in [-0.1, -0.05) is 37.3 Å². The number of hydrogen-bond acceptors (Lipinski definition) is 9. The lowest BCUT2D eigenvalue weighted by atomic mass is 9.95. The number of ether oxygens (including phenoxy) is 3. The number of aryl methyl sites for hydroxylation is 1. The van der Waals surface area contributed by atoms with Gasteiger partial charge in [-0.25, -0.2) is 9.78 Å². The number of thiazole rings is 1. The van der Waals surface area contributed by atoms with E-state index in [2.05, 4.69) is 18.8 Å². The fourth-order valence-corrected chi connectivity index (χ4v) is 5.22. The van der Waals surface area contributed by atoms with Gasteiger partial charge < -0.3 is 19.3 Å². The van der Waals surface area contributed by atoms with E-state index in [9.17, 15) is 19.5 Å². The third-order valence-electron chi connectivity index (χ3n) is 6.31. The quantitative estimate of drug-likeness (QED) is 0.165. The molecule has 1 unspecified atom stereocenters. The van der Waals surface area contributed by atoms with Gasteiger partial charge in [0.25, 0.3) is 5.78 Å². The largest absolute Gasteiger partial charge is 0.507 e. The Balaban J connectivity index is 1.86. The lowest BCUT2D eigenvalue weighted by Crippen LogP contribution is -2.29. The van der Waals surface area contributed by atoms with Crippen molar-refractivity contribution in [2.45, 2.75) is 33.2 Å². The van der Waals surface area contributed by atoms with Crippen LogP contribution >= 0.6 is 11.3 Å². The van der Waals surface area contributed by atoms with E-state index in [1.54, 1.807) is 55.5 Å². The summed E-state index contributed by atoms with van der Waals surface area (Å²) >= 11 is 0.945. The normalized spacial score (nSPS) is 16.6. The van der Waals surface area contributed by atoms with E-state index < -0.39 is 23.7 Å². The van der Waals surface area contributed by atoms with Gasteiger partial charge in [-0.2, -0.15) is 0 Å². The fraction of sp³-hybridized carbons (Fsp3) is 0.310. The van der Waals surface area contributed by atoms with Gasteiger partial charge in [0, 0.05) is 5.56 Å². The molecule has 39 heavy (non-hydrogen) atoms. The molecule has 4 rings (SSSR count). The second-order valence-corrected chi connectivity index (χ2v) is 10.4. The first-order valence-corrected chi connectivity index (χ1v) is 13.2. The molecule has 1 aromatic heterocycles. The Morgan fingerprint density at radius 1 is 1.10 bits per heavy atom. The van der Waals surface area contributed by atoms with Crippen molar-refractivity contribution >= 4 is 39.9 Å². The first kappa shape index (κ1) is 27.8. The highest BCUT2D eigenvalue weighted by Crippen LogP contribution is 2.44. The number of carbonyl (C=O) groups is 3. The Morgan fingerprint density at radius 2 is 1.82 bits per heavy atom. The minimum atomic E-state index is -1.02. The maximum atomic E-state index is 13.5. The van der Waals surface area contributed by atoms with E-state index in [1.165, 1.54) is 19.1 Å². The van der Waals surface area contributed by atoms with Crippen LogP contribution in [0.2, 0.25) is 0 Å². The number of Topliss-reactive ketones (excluding diaryl/α,β-unsaturated/α-hetero) is 1. The van der Waals surface area contributed by atoms with E-state index in [0.29, 0.717) is 40.8 Å². The van der Waals surface area contributed by atoms with Crippen molar-refractivity contribution in [2.24, 2.45) is 5.92 Å². The number of aromatic nitrogens is 1. The summed E-state index contributed by atoms with van der Waals surface area (Å²) in [5.41, 5.74) is 1.15. The minimum absolute atomic E-state index is 0.100. The van der Waals surface area contributed by atoms with E-state index in [4.69, 9.17) is 14.2 Å². The number of methoxy groups -OCH3 is 2. The van der Waals surface area contributed by atoms with Crippen LogP contribution in [0.15, 0.2) is 54.1 Å². The van der Waals surface area contributed by atoms with Crippen LogP contribution in [0.3, 0.4) is 0 Å². The predicted molar refractivity (Wildman–Crippen MR) is 147 cm³/mol. The highest BCUT2D eigenvalue weighted by molar-refractivity contribution is 7.17. The van der Waals surface area contributed by atoms with Crippen LogP contribution < -0.4 is 14.4 Å².